The second-order valence-corrected chi connectivity index (χ2v) is 6.16. The van der Waals surface area contributed by atoms with Crippen LogP contribution in [0.3, 0.4) is 0 Å². The molecule has 1 atom stereocenters. The maximum Gasteiger partial charge on any atom is 0.416 e. The fourth-order valence-corrected chi connectivity index (χ4v) is 2.93. The molecule has 0 bridgehead atoms. The highest BCUT2D eigenvalue weighted by Crippen LogP contribution is 2.33. The second-order valence-electron chi connectivity index (χ2n) is 6.16. The molecular formula is C16H19F3N4O4. The first kappa shape index (κ1) is 20.6. The summed E-state index contributed by atoms with van der Waals surface area (Å²) in [7, 11) is 0. The van der Waals surface area contributed by atoms with Gasteiger partial charge in [-0.05, 0) is 25.0 Å². The number of carbonyl (C=O) groups excluding carboxylic acids is 2. The lowest BCUT2D eigenvalue weighted by Crippen LogP contribution is -2.46. The lowest BCUT2D eigenvalue weighted by Gasteiger charge is -2.32. The zero-order valence-electron chi connectivity index (χ0n) is 14.3. The Balaban J connectivity index is 2.23. The van der Waals surface area contributed by atoms with Gasteiger partial charge in [-0.15, -0.1) is 0 Å². The summed E-state index contributed by atoms with van der Waals surface area (Å²) in [6, 6.07) is 1.79. The molecule has 0 aromatic heterocycles. The number of nitrogens with one attached hydrogen (secondary N) is 1. The van der Waals surface area contributed by atoms with E-state index in [1.54, 1.807) is 0 Å². The van der Waals surface area contributed by atoms with Crippen LogP contribution >= 0.6 is 0 Å². The molecule has 0 spiro atoms. The van der Waals surface area contributed by atoms with Gasteiger partial charge in [-0.3, -0.25) is 19.7 Å². The maximum absolute atomic E-state index is 12.8. The first-order valence-electron chi connectivity index (χ1n) is 8.28. The Morgan fingerprint density at radius 1 is 1.37 bits per heavy atom. The van der Waals surface area contributed by atoms with Crippen LogP contribution in [0.25, 0.3) is 0 Å². The van der Waals surface area contributed by atoms with Gasteiger partial charge in [0.1, 0.15) is 5.56 Å². The van der Waals surface area contributed by atoms with E-state index in [4.69, 9.17) is 5.73 Å². The van der Waals surface area contributed by atoms with Crippen LogP contribution in [-0.2, 0) is 11.0 Å². The number of likely N-dealkylation sites (tertiary alicyclic amines) is 1. The van der Waals surface area contributed by atoms with Gasteiger partial charge in [-0.1, -0.05) is 0 Å². The summed E-state index contributed by atoms with van der Waals surface area (Å²) in [5, 5.41) is 13.8. The zero-order chi connectivity index (χ0) is 20.2. The van der Waals surface area contributed by atoms with Crippen molar-refractivity contribution in [3.05, 3.63) is 39.4 Å². The molecule has 1 aliphatic heterocycles. The average molecular weight is 388 g/mol. The number of nitro benzene ring substituents is 1. The normalized spacial score (nSPS) is 17.5. The molecule has 2 amide bonds. The molecule has 8 nitrogen and oxygen atoms in total. The van der Waals surface area contributed by atoms with Gasteiger partial charge in [-0.2, -0.15) is 13.2 Å². The number of nitro groups is 1. The molecule has 1 heterocycles. The number of nitrogens with zero attached hydrogens (tertiary/aromatic N) is 2. The van der Waals surface area contributed by atoms with Crippen molar-refractivity contribution in [2.75, 3.05) is 26.2 Å². The van der Waals surface area contributed by atoms with E-state index >= 15 is 0 Å². The van der Waals surface area contributed by atoms with E-state index in [2.05, 4.69) is 5.32 Å². The third kappa shape index (κ3) is 4.94. The van der Waals surface area contributed by atoms with Crippen molar-refractivity contribution >= 4 is 17.5 Å². The highest BCUT2D eigenvalue weighted by molar-refractivity contribution is 5.98. The number of benzene rings is 1. The average Bonchev–Trinajstić information content (AvgIpc) is 2.64. The second kappa shape index (κ2) is 8.33. The Bertz CT molecular complexity index is 739. The van der Waals surface area contributed by atoms with Gasteiger partial charge in [0, 0.05) is 32.2 Å². The summed E-state index contributed by atoms with van der Waals surface area (Å²) in [4.78, 5) is 36.1. The summed E-state index contributed by atoms with van der Waals surface area (Å²) in [5.74, 6) is -1.55. The molecule has 148 valence electrons. The van der Waals surface area contributed by atoms with Crippen molar-refractivity contribution in [1.29, 1.82) is 0 Å². The fraction of sp³-hybridized carbons (Fsp3) is 0.500. The molecule has 3 N–H and O–H groups in total. The molecule has 1 unspecified atom stereocenters. The topological polar surface area (TPSA) is 119 Å². The molecule has 0 saturated carbocycles. The number of amides is 2. The van der Waals surface area contributed by atoms with Crippen LogP contribution in [0.15, 0.2) is 18.2 Å². The molecule has 0 radical (unpaired) electrons. The molecule has 1 aliphatic rings. The third-order valence-electron chi connectivity index (χ3n) is 4.28. The van der Waals surface area contributed by atoms with Crippen LogP contribution in [0.5, 0.6) is 0 Å². The summed E-state index contributed by atoms with van der Waals surface area (Å²) >= 11 is 0. The summed E-state index contributed by atoms with van der Waals surface area (Å²) in [6.45, 7) is 0.845. The zero-order valence-corrected chi connectivity index (χ0v) is 14.3. The van der Waals surface area contributed by atoms with Crippen LogP contribution in [0.4, 0.5) is 18.9 Å². The van der Waals surface area contributed by atoms with Gasteiger partial charge in [0.05, 0.1) is 16.4 Å². The van der Waals surface area contributed by atoms with Gasteiger partial charge in [0.25, 0.3) is 11.6 Å². The molecule has 27 heavy (non-hydrogen) atoms. The molecule has 1 saturated heterocycles. The van der Waals surface area contributed by atoms with Gasteiger partial charge in [-0.25, -0.2) is 0 Å². The highest BCUT2D eigenvalue weighted by atomic mass is 19.4. The molecule has 0 aliphatic carbocycles. The van der Waals surface area contributed by atoms with Crippen LogP contribution in [0.1, 0.15) is 28.8 Å². The lowest BCUT2D eigenvalue weighted by atomic mass is 9.96. The van der Waals surface area contributed by atoms with Gasteiger partial charge in [0.15, 0.2) is 0 Å². The molecule has 1 aromatic carbocycles. The number of piperidine rings is 1. The van der Waals surface area contributed by atoms with Gasteiger partial charge in [0.2, 0.25) is 5.91 Å². The minimum atomic E-state index is -4.76. The quantitative estimate of drug-likeness (QED) is 0.586. The van der Waals surface area contributed by atoms with E-state index in [1.807, 2.05) is 0 Å². The lowest BCUT2D eigenvalue weighted by molar-refractivity contribution is -0.385. The van der Waals surface area contributed by atoms with Crippen molar-refractivity contribution in [2.24, 2.45) is 11.7 Å². The summed E-state index contributed by atoms with van der Waals surface area (Å²) in [6.07, 6.45) is -3.72. The maximum atomic E-state index is 12.8. The van der Waals surface area contributed by atoms with Crippen LogP contribution in [-0.4, -0.2) is 47.8 Å². The minimum absolute atomic E-state index is 0.0351. The Kier molecular flexibility index (Phi) is 6.37. The largest absolute Gasteiger partial charge is 0.416 e. The SMILES string of the molecule is NCCNC(=O)C1CCCN(C(=O)c2ccc(C(F)(F)F)cc2[N+](=O)[O-])C1. The Morgan fingerprint density at radius 3 is 2.67 bits per heavy atom. The Hall–Kier alpha value is -2.69. The molecule has 11 heteroatoms. The predicted molar refractivity (Wildman–Crippen MR) is 88.8 cm³/mol. The van der Waals surface area contributed by atoms with Gasteiger partial charge < -0.3 is 16.0 Å². The number of rotatable bonds is 5. The first-order valence-corrected chi connectivity index (χ1v) is 8.28. The minimum Gasteiger partial charge on any atom is -0.355 e. The van der Waals surface area contributed by atoms with Crippen molar-refractivity contribution in [3.63, 3.8) is 0 Å². The van der Waals surface area contributed by atoms with Crippen molar-refractivity contribution in [2.45, 2.75) is 19.0 Å². The molecule has 1 fully saturated rings. The Morgan fingerprint density at radius 2 is 2.07 bits per heavy atom. The number of carbonyl (C=O) groups is 2. The van der Waals surface area contributed by atoms with E-state index in [0.29, 0.717) is 25.0 Å². The van der Waals surface area contributed by atoms with Crippen molar-refractivity contribution in [3.8, 4) is 0 Å². The van der Waals surface area contributed by atoms with Crippen LogP contribution < -0.4 is 11.1 Å². The molecular weight excluding hydrogens is 369 g/mol. The molecule has 1 aromatic rings. The number of hydrogen-bond acceptors (Lipinski definition) is 5. The molecule has 2 rings (SSSR count). The Labute approximate surface area is 152 Å². The van der Waals surface area contributed by atoms with Crippen molar-refractivity contribution in [1.82, 2.24) is 10.2 Å². The first-order chi connectivity index (χ1) is 12.6. The smallest absolute Gasteiger partial charge is 0.355 e. The summed E-state index contributed by atoms with van der Waals surface area (Å²) < 4.78 is 38.4. The standard InChI is InChI=1S/C16H19F3N4O4/c17-16(18,19)11-3-4-12(13(8-11)23(26)27)15(25)22-7-1-2-10(9-22)14(24)21-6-5-20/h3-4,8,10H,1-2,5-7,9,20H2,(H,21,24). The fourth-order valence-electron chi connectivity index (χ4n) is 2.93. The van der Waals surface area contributed by atoms with Crippen molar-refractivity contribution < 1.29 is 27.7 Å². The van der Waals surface area contributed by atoms with E-state index in [9.17, 15) is 32.9 Å². The van der Waals surface area contributed by atoms with E-state index < -0.39 is 39.7 Å². The summed E-state index contributed by atoms with van der Waals surface area (Å²) in [5.41, 5.74) is 2.77. The number of alkyl halides is 3. The van der Waals surface area contributed by atoms with E-state index in [0.717, 1.165) is 6.07 Å². The number of nitrogens with two attached hydrogens (primary N) is 1. The third-order valence-corrected chi connectivity index (χ3v) is 4.28. The van der Waals surface area contributed by atoms with E-state index in [1.165, 1.54) is 4.90 Å². The monoisotopic (exact) mass is 388 g/mol. The number of hydrogen-bond donors (Lipinski definition) is 2. The number of halogens is 3. The van der Waals surface area contributed by atoms with Gasteiger partial charge >= 0.3 is 6.18 Å². The van der Waals surface area contributed by atoms with Crippen LogP contribution in [0, 0.1) is 16.0 Å². The van der Waals surface area contributed by atoms with E-state index in [-0.39, 0.29) is 32.1 Å². The highest BCUT2D eigenvalue weighted by Gasteiger charge is 2.36. The predicted octanol–water partition coefficient (Wildman–Crippen LogP) is 1.54. The van der Waals surface area contributed by atoms with Crippen LogP contribution in [0.2, 0.25) is 0 Å².